The second kappa shape index (κ2) is 6.16. The standard InChI is InChI=1S/C17H19NO6/c1-9(19)14-13(21)8-17(3,22)16(10(2)20)15(14)11-5-4-6-12(7-11)18(23)24/h4-7,15-16,21-22H,8H2,1-3H3/t15-,16-,17+/m1/s1. The van der Waals surface area contributed by atoms with E-state index >= 15 is 0 Å². The van der Waals surface area contributed by atoms with Crippen molar-refractivity contribution in [3.63, 3.8) is 0 Å². The molecule has 24 heavy (non-hydrogen) atoms. The van der Waals surface area contributed by atoms with Gasteiger partial charge >= 0.3 is 0 Å². The molecule has 0 fully saturated rings. The minimum absolute atomic E-state index is 0.0159. The summed E-state index contributed by atoms with van der Waals surface area (Å²) < 4.78 is 0. The van der Waals surface area contributed by atoms with Crippen LogP contribution in [0.15, 0.2) is 35.6 Å². The summed E-state index contributed by atoms with van der Waals surface area (Å²) in [5.74, 6) is -3.02. The van der Waals surface area contributed by atoms with E-state index in [2.05, 4.69) is 0 Å². The first-order valence-electron chi connectivity index (χ1n) is 7.46. The number of benzene rings is 1. The number of hydrogen-bond acceptors (Lipinski definition) is 6. The van der Waals surface area contributed by atoms with Crippen molar-refractivity contribution in [1.82, 2.24) is 0 Å². The molecule has 0 spiro atoms. The molecule has 0 heterocycles. The van der Waals surface area contributed by atoms with Crippen LogP contribution in [0.1, 0.15) is 38.7 Å². The third kappa shape index (κ3) is 3.07. The third-order valence-corrected chi connectivity index (χ3v) is 4.41. The van der Waals surface area contributed by atoms with Crippen LogP contribution in [-0.4, -0.2) is 32.3 Å². The Balaban J connectivity index is 2.73. The van der Waals surface area contributed by atoms with Gasteiger partial charge in [0.2, 0.25) is 0 Å². The summed E-state index contributed by atoms with van der Waals surface area (Å²) in [6.45, 7) is 3.97. The lowest BCUT2D eigenvalue weighted by molar-refractivity contribution is -0.384. The molecule has 0 saturated carbocycles. The van der Waals surface area contributed by atoms with Crippen molar-refractivity contribution in [2.24, 2.45) is 5.92 Å². The first-order valence-corrected chi connectivity index (χ1v) is 7.46. The van der Waals surface area contributed by atoms with Crippen LogP contribution in [0.2, 0.25) is 0 Å². The van der Waals surface area contributed by atoms with Gasteiger partial charge in [0.1, 0.15) is 11.5 Å². The number of nitro groups is 1. The Morgan fingerprint density at radius 3 is 2.46 bits per heavy atom. The van der Waals surface area contributed by atoms with Crippen molar-refractivity contribution in [1.29, 1.82) is 0 Å². The number of non-ortho nitro benzene ring substituents is 1. The van der Waals surface area contributed by atoms with Gasteiger partial charge in [0, 0.05) is 30.0 Å². The fourth-order valence-electron chi connectivity index (χ4n) is 3.54. The minimum Gasteiger partial charge on any atom is -0.512 e. The highest BCUT2D eigenvalue weighted by Gasteiger charge is 2.49. The van der Waals surface area contributed by atoms with Gasteiger partial charge in [0.05, 0.1) is 16.4 Å². The van der Waals surface area contributed by atoms with Crippen molar-refractivity contribution in [3.05, 3.63) is 51.3 Å². The van der Waals surface area contributed by atoms with Gasteiger partial charge < -0.3 is 10.2 Å². The Morgan fingerprint density at radius 2 is 1.96 bits per heavy atom. The van der Waals surface area contributed by atoms with E-state index in [1.165, 1.54) is 39.0 Å². The van der Waals surface area contributed by atoms with E-state index in [0.717, 1.165) is 0 Å². The summed E-state index contributed by atoms with van der Waals surface area (Å²) in [5.41, 5.74) is -1.41. The van der Waals surface area contributed by atoms with E-state index in [1.54, 1.807) is 6.07 Å². The van der Waals surface area contributed by atoms with Crippen LogP contribution in [0.3, 0.4) is 0 Å². The van der Waals surface area contributed by atoms with Crippen LogP contribution in [0, 0.1) is 16.0 Å². The maximum absolute atomic E-state index is 12.2. The number of ketones is 2. The summed E-state index contributed by atoms with van der Waals surface area (Å²) in [7, 11) is 0. The van der Waals surface area contributed by atoms with Crippen LogP contribution in [0.4, 0.5) is 5.69 Å². The number of allylic oxidation sites excluding steroid dienone is 1. The maximum Gasteiger partial charge on any atom is 0.269 e. The quantitative estimate of drug-likeness (QED) is 0.645. The fraction of sp³-hybridized carbons (Fsp3) is 0.412. The number of hydrogen-bond donors (Lipinski definition) is 2. The van der Waals surface area contributed by atoms with Crippen LogP contribution in [0.25, 0.3) is 0 Å². The zero-order valence-corrected chi connectivity index (χ0v) is 13.6. The van der Waals surface area contributed by atoms with E-state index in [4.69, 9.17) is 0 Å². The molecule has 0 aliphatic heterocycles. The second-order valence-corrected chi connectivity index (χ2v) is 6.37. The molecule has 1 aromatic carbocycles. The van der Waals surface area contributed by atoms with Crippen LogP contribution in [0.5, 0.6) is 0 Å². The van der Waals surface area contributed by atoms with Crippen molar-refractivity contribution in [3.8, 4) is 0 Å². The van der Waals surface area contributed by atoms with Crippen LogP contribution >= 0.6 is 0 Å². The minimum atomic E-state index is -1.57. The van der Waals surface area contributed by atoms with Gasteiger partial charge in [-0.2, -0.15) is 0 Å². The van der Waals surface area contributed by atoms with Gasteiger partial charge in [-0.3, -0.25) is 19.7 Å². The molecule has 2 N–H and O–H groups in total. The molecule has 3 atom stereocenters. The molecular weight excluding hydrogens is 314 g/mol. The van der Waals surface area contributed by atoms with E-state index in [-0.39, 0.29) is 29.2 Å². The molecule has 7 nitrogen and oxygen atoms in total. The van der Waals surface area contributed by atoms with Crippen LogP contribution < -0.4 is 0 Å². The molecule has 0 amide bonds. The highest BCUT2D eigenvalue weighted by Crippen LogP contribution is 2.47. The Morgan fingerprint density at radius 1 is 1.33 bits per heavy atom. The Bertz CT molecular complexity index is 749. The molecular formula is C17H19NO6. The normalized spacial score (nSPS) is 27.0. The topological polar surface area (TPSA) is 118 Å². The van der Waals surface area contributed by atoms with Gasteiger partial charge in [-0.25, -0.2) is 0 Å². The molecule has 1 aliphatic rings. The fourth-order valence-corrected chi connectivity index (χ4v) is 3.54. The second-order valence-electron chi connectivity index (χ2n) is 6.37. The number of aliphatic hydroxyl groups excluding tert-OH is 1. The third-order valence-electron chi connectivity index (χ3n) is 4.41. The predicted molar refractivity (Wildman–Crippen MR) is 85.6 cm³/mol. The van der Waals surface area contributed by atoms with Gasteiger partial charge in [-0.05, 0) is 26.3 Å². The van der Waals surface area contributed by atoms with Gasteiger partial charge in [0.15, 0.2) is 5.78 Å². The zero-order valence-electron chi connectivity index (χ0n) is 13.6. The number of Topliss-reactive ketones (excluding diaryl/α,β-unsaturated/α-hetero) is 2. The molecule has 1 aromatic rings. The monoisotopic (exact) mass is 333 g/mol. The maximum atomic E-state index is 12.2. The summed E-state index contributed by atoms with van der Waals surface area (Å²) in [4.78, 5) is 34.7. The lowest BCUT2D eigenvalue weighted by Gasteiger charge is -2.41. The zero-order chi connectivity index (χ0) is 18.2. The molecule has 0 saturated heterocycles. The SMILES string of the molecule is CC(=O)C1=C(O)C[C@](C)(O)[C@H](C(C)=O)[C@@H]1c1cccc([N+](=O)[O-])c1. The molecule has 0 bridgehead atoms. The molecule has 0 radical (unpaired) electrons. The number of carbonyl (C=O) groups excluding carboxylic acids is 2. The van der Waals surface area contributed by atoms with Crippen molar-refractivity contribution < 1.29 is 24.7 Å². The lowest BCUT2D eigenvalue weighted by atomic mass is 9.64. The smallest absolute Gasteiger partial charge is 0.269 e. The first-order chi connectivity index (χ1) is 11.1. The first kappa shape index (κ1) is 17.8. The molecule has 128 valence electrons. The van der Waals surface area contributed by atoms with Crippen LogP contribution in [-0.2, 0) is 9.59 Å². The van der Waals surface area contributed by atoms with Gasteiger partial charge in [-0.15, -0.1) is 0 Å². The van der Waals surface area contributed by atoms with E-state index in [1.807, 2.05) is 0 Å². The summed E-state index contributed by atoms with van der Waals surface area (Å²) >= 11 is 0. The number of nitro benzene ring substituents is 1. The highest BCUT2D eigenvalue weighted by molar-refractivity contribution is 5.97. The molecule has 2 rings (SSSR count). The Hall–Kier alpha value is -2.54. The van der Waals surface area contributed by atoms with Gasteiger partial charge in [0.25, 0.3) is 5.69 Å². The van der Waals surface area contributed by atoms with Crippen molar-refractivity contribution in [2.45, 2.75) is 38.7 Å². The van der Waals surface area contributed by atoms with Crippen molar-refractivity contribution >= 4 is 17.3 Å². The molecule has 0 unspecified atom stereocenters. The Kier molecular flexibility index (Phi) is 4.57. The van der Waals surface area contributed by atoms with Gasteiger partial charge in [-0.1, -0.05) is 12.1 Å². The number of aliphatic hydroxyl groups is 2. The molecule has 1 aliphatic carbocycles. The van der Waals surface area contributed by atoms with E-state index < -0.39 is 28.1 Å². The summed E-state index contributed by atoms with van der Waals surface area (Å²) in [6, 6.07) is 5.55. The summed E-state index contributed by atoms with van der Waals surface area (Å²) in [5, 5.41) is 31.9. The largest absolute Gasteiger partial charge is 0.512 e. The van der Waals surface area contributed by atoms with E-state index in [0.29, 0.717) is 5.56 Å². The number of nitrogens with zero attached hydrogens (tertiary/aromatic N) is 1. The van der Waals surface area contributed by atoms with E-state index in [9.17, 15) is 29.9 Å². The average molecular weight is 333 g/mol. The number of rotatable bonds is 4. The number of carbonyl (C=O) groups is 2. The lowest BCUT2D eigenvalue weighted by Crippen LogP contribution is -2.47. The van der Waals surface area contributed by atoms with Crippen molar-refractivity contribution in [2.75, 3.05) is 0 Å². The molecule has 7 heteroatoms. The average Bonchev–Trinajstić information content (AvgIpc) is 2.44. The summed E-state index contributed by atoms with van der Waals surface area (Å²) in [6.07, 6.45) is -0.225. The predicted octanol–water partition coefficient (Wildman–Crippen LogP) is 2.44. The highest BCUT2D eigenvalue weighted by atomic mass is 16.6. The Labute approximate surface area is 138 Å². The molecule has 0 aromatic heterocycles.